The highest BCUT2D eigenvalue weighted by atomic mass is 16.1. The molecule has 0 saturated carbocycles. The number of hydrogen-bond acceptors (Lipinski definition) is 2. The van der Waals surface area contributed by atoms with Gasteiger partial charge in [-0.05, 0) is 12.5 Å². The van der Waals surface area contributed by atoms with Crippen molar-refractivity contribution in [3.05, 3.63) is 35.9 Å². The fraction of sp³-hybridized carbons (Fsp3) is 0.364. The Labute approximate surface area is 84.3 Å². The Morgan fingerprint density at radius 1 is 1.36 bits per heavy atom. The number of amides is 1. The number of carbonyl (C=O) groups excluding carboxylic acids is 1. The van der Waals surface area contributed by atoms with Crippen molar-refractivity contribution >= 4 is 5.91 Å². The van der Waals surface area contributed by atoms with E-state index in [0.29, 0.717) is 0 Å². The van der Waals surface area contributed by atoms with Crippen molar-refractivity contribution < 1.29 is 4.79 Å². The van der Waals surface area contributed by atoms with E-state index in [1.54, 1.807) is 0 Å². The molecule has 0 saturated heterocycles. The summed E-state index contributed by atoms with van der Waals surface area (Å²) in [5.41, 5.74) is 7.01. The van der Waals surface area contributed by atoms with Gasteiger partial charge in [0.2, 0.25) is 5.91 Å². The van der Waals surface area contributed by atoms with Crippen molar-refractivity contribution in [2.45, 2.75) is 25.9 Å². The largest absolute Gasteiger partial charge is 0.352 e. The predicted molar refractivity (Wildman–Crippen MR) is 56.6 cm³/mol. The maximum Gasteiger partial charge on any atom is 0.217 e. The topological polar surface area (TPSA) is 55.1 Å². The Kier molecular flexibility index (Phi) is 3.65. The highest BCUT2D eigenvalue weighted by Gasteiger charge is 2.14. The van der Waals surface area contributed by atoms with Crippen LogP contribution in [0, 0.1) is 0 Å². The number of nitrogens with two attached hydrogens (primary N) is 1. The second kappa shape index (κ2) is 4.77. The first-order valence-electron chi connectivity index (χ1n) is 4.69. The zero-order valence-corrected chi connectivity index (χ0v) is 8.53. The van der Waals surface area contributed by atoms with E-state index in [0.717, 1.165) is 5.56 Å². The molecule has 2 unspecified atom stereocenters. The van der Waals surface area contributed by atoms with Gasteiger partial charge in [-0.25, -0.2) is 0 Å². The fourth-order valence-electron chi connectivity index (χ4n) is 1.37. The molecule has 0 aromatic heterocycles. The molecule has 14 heavy (non-hydrogen) atoms. The van der Waals surface area contributed by atoms with E-state index >= 15 is 0 Å². The van der Waals surface area contributed by atoms with Gasteiger partial charge >= 0.3 is 0 Å². The van der Waals surface area contributed by atoms with E-state index in [9.17, 15) is 4.79 Å². The highest BCUT2D eigenvalue weighted by Crippen LogP contribution is 2.12. The van der Waals surface area contributed by atoms with Crippen LogP contribution < -0.4 is 11.1 Å². The van der Waals surface area contributed by atoms with Crippen LogP contribution in [0.2, 0.25) is 0 Å². The summed E-state index contributed by atoms with van der Waals surface area (Å²) in [6.45, 7) is 3.40. The van der Waals surface area contributed by atoms with Crippen molar-refractivity contribution in [1.82, 2.24) is 5.32 Å². The van der Waals surface area contributed by atoms with Gasteiger partial charge in [0.15, 0.2) is 0 Å². The van der Waals surface area contributed by atoms with E-state index in [2.05, 4.69) is 5.32 Å². The van der Waals surface area contributed by atoms with Crippen molar-refractivity contribution in [1.29, 1.82) is 0 Å². The first kappa shape index (κ1) is 10.7. The van der Waals surface area contributed by atoms with Crippen LogP contribution in [0.25, 0.3) is 0 Å². The second-order valence-electron chi connectivity index (χ2n) is 3.43. The fourth-order valence-corrected chi connectivity index (χ4v) is 1.37. The van der Waals surface area contributed by atoms with Gasteiger partial charge in [-0.15, -0.1) is 0 Å². The molecular weight excluding hydrogens is 176 g/mol. The first-order chi connectivity index (χ1) is 6.61. The van der Waals surface area contributed by atoms with Crippen LogP contribution in [-0.2, 0) is 4.79 Å². The molecule has 76 valence electrons. The first-order valence-corrected chi connectivity index (χ1v) is 4.69. The monoisotopic (exact) mass is 192 g/mol. The molecule has 1 rings (SSSR count). The molecule has 0 heterocycles. The van der Waals surface area contributed by atoms with Crippen molar-refractivity contribution in [3.8, 4) is 0 Å². The highest BCUT2D eigenvalue weighted by molar-refractivity contribution is 5.73. The Hall–Kier alpha value is -1.35. The quantitative estimate of drug-likeness (QED) is 0.756. The third kappa shape index (κ3) is 2.85. The van der Waals surface area contributed by atoms with E-state index in [4.69, 9.17) is 5.73 Å². The lowest BCUT2D eigenvalue weighted by Crippen LogP contribution is -2.39. The predicted octanol–water partition coefficient (Wildman–Crippen LogP) is 1.21. The van der Waals surface area contributed by atoms with Gasteiger partial charge < -0.3 is 11.1 Å². The third-order valence-electron chi connectivity index (χ3n) is 2.15. The molecule has 0 bridgehead atoms. The van der Waals surface area contributed by atoms with E-state index in [-0.39, 0.29) is 18.0 Å². The summed E-state index contributed by atoms with van der Waals surface area (Å²) < 4.78 is 0. The number of rotatable bonds is 3. The van der Waals surface area contributed by atoms with Crippen LogP contribution in [-0.4, -0.2) is 11.9 Å². The molecule has 0 aliphatic heterocycles. The standard InChI is InChI=1S/C11H16N2O/c1-8(13-9(2)14)11(12)10-6-4-3-5-7-10/h3-8,11H,12H2,1-2H3,(H,13,14). The van der Waals surface area contributed by atoms with Gasteiger partial charge in [0.1, 0.15) is 0 Å². The SMILES string of the molecule is CC(=O)NC(C)C(N)c1ccccc1. The van der Waals surface area contributed by atoms with E-state index < -0.39 is 0 Å². The lowest BCUT2D eigenvalue weighted by molar-refractivity contribution is -0.119. The molecule has 1 aromatic carbocycles. The van der Waals surface area contributed by atoms with Crippen molar-refractivity contribution in [2.24, 2.45) is 5.73 Å². The lowest BCUT2D eigenvalue weighted by Gasteiger charge is -2.20. The minimum Gasteiger partial charge on any atom is -0.352 e. The Morgan fingerprint density at radius 2 is 1.93 bits per heavy atom. The second-order valence-corrected chi connectivity index (χ2v) is 3.43. The Bertz CT molecular complexity index is 297. The average molecular weight is 192 g/mol. The molecule has 3 heteroatoms. The van der Waals surface area contributed by atoms with Gasteiger partial charge in [0.25, 0.3) is 0 Å². The minimum atomic E-state index is -0.153. The normalized spacial score (nSPS) is 14.5. The van der Waals surface area contributed by atoms with E-state index in [1.807, 2.05) is 37.3 Å². The Morgan fingerprint density at radius 3 is 2.43 bits per heavy atom. The summed E-state index contributed by atoms with van der Waals surface area (Å²) in [5.74, 6) is -0.0520. The van der Waals surface area contributed by atoms with Crippen LogP contribution in [0.5, 0.6) is 0 Å². The van der Waals surface area contributed by atoms with Gasteiger partial charge in [0.05, 0.1) is 0 Å². The molecule has 2 atom stereocenters. The summed E-state index contributed by atoms with van der Waals surface area (Å²) in [6, 6.07) is 9.55. The lowest BCUT2D eigenvalue weighted by atomic mass is 10.0. The summed E-state index contributed by atoms with van der Waals surface area (Å²) in [6.07, 6.45) is 0. The van der Waals surface area contributed by atoms with Gasteiger partial charge in [-0.3, -0.25) is 4.79 Å². The minimum absolute atomic E-state index is 0.0464. The van der Waals surface area contributed by atoms with Gasteiger partial charge in [-0.2, -0.15) is 0 Å². The van der Waals surface area contributed by atoms with Crippen LogP contribution in [0.3, 0.4) is 0 Å². The number of benzene rings is 1. The zero-order valence-electron chi connectivity index (χ0n) is 8.53. The average Bonchev–Trinajstić information content (AvgIpc) is 2.17. The van der Waals surface area contributed by atoms with Crippen LogP contribution in [0.15, 0.2) is 30.3 Å². The van der Waals surface area contributed by atoms with Crippen LogP contribution in [0.4, 0.5) is 0 Å². The molecule has 0 aliphatic carbocycles. The number of nitrogens with one attached hydrogen (secondary N) is 1. The number of carbonyl (C=O) groups is 1. The summed E-state index contributed by atoms with van der Waals surface area (Å²) in [7, 11) is 0. The molecule has 0 fully saturated rings. The molecule has 1 amide bonds. The third-order valence-corrected chi connectivity index (χ3v) is 2.15. The molecule has 0 radical (unpaired) electrons. The smallest absolute Gasteiger partial charge is 0.217 e. The van der Waals surface area contributed by atoms with E-state index in [1.165, 1.54) is 6.92 Å². The molecule has 3 N–H and O–H groups in total. The summed E-state index contributed by atoms with van der Waals surface area (Å²) in [5, 5.41) is 2.78. The summed E-state index contributed by atoms with van der Waals surface area (Å²) >= 11 is 0. The van der Waals surface area contributed by atoms with Crippen molar-refractivity contribution in [2.75, 3.05) is 0 Å². The zero-order chi connectivity index (χ0) is 10.6. The molecule has 0 spiro atoms. The van der Waals surface area contributed by atoms with Gasteiger partial charge in [0, 0.05) is 19.0 Å². The van der Waals surface area contributed by atoms with Gasteiger partial charge in [-0.1, -0.05) is 30.3 Å². The molecule has 0 aliphatic rings. The molecular formula is C11H16N2O. The van der Waals surface area contributed by atoms with Crippen LogP contribution in [0.1, 0.15) is 25.5 Å². The number of hydrogen-bond donors (Lipinski definition) is 2. The maximum atomic E-state index is 10.8. The molecule has 3 nitrogen and oxygen atoms in total. The molecule has 1 aromatic rings. The summed E-state index contributed by atoms with van der Waals surface area (Å²) in [4.78, 5) is 10.8. The van der Waals surface area contributed by atoms with Crippen LogP contribution >= 0.6 is 0 Å². The van der Waals surface area contributed by atoms with Crippen molar-refractivity contribution in [3.63, 3.8) is 0 Å². The maximum absolute atomic E-state index is 10.8. The Balaban J connectivity index is 2.65.